The highest BCUT2D eigenvalue weighted by molar-refractivity contribution is 6.91. The molecule has 2 heterocycles. The van der Waals surface area contributed by atoms with E-state index in [4.69, 9.17) is 14.2 Å². The number of benzene rings is 3. The van der Waals surface area contributed by atoms with Crippen molar-refractivity contribution < 1.29 is 28.9 Å². The fourth-order valence-electron chi connectivity index (χ4n) is 6.84. The zero-order valence-corrected chi connectivity index (χ0v) is 25.4. The number of rotatable bonds is 8. The Bertz CT molecular complexity index is 1440. The summed E-state index contributed by atoms with van der Waals surface area (Å²) in [7, 11) is 2.75. The van der Waals surface area contributed by atoms with Gasteiger partial charge < -0.3 is 29.5 Å². The molecule has 0 unspecified atom stereocenters. The summed E-state index contributed by atoms with van der Waals surface area (Å²) in [6.07, 6.45) is 0.128. The Labute approximate surface area is 242 Å². The lowest BCUT2D eigenvalue weighted by Gasteiger charge is -2.37. The van der Waals surface area contributed by atoms with Crippen LogP contribution in [0, 0.1) is 5.92 Å². The summed E-state index contributed by atoms with van der Waals surface area (Å²) in [5.41, 5.74) is 1.41. The highest BCUT2D eigenvalue weighted by Gasteiger charge is 2.65. The van der Waals surface area contributed by atoms with Gasteiger partial charge >= 0.3 is 0 Å². The minimum atomic E-state index is -2.25. The van der Waals surface area contributed by atoms with Crippen LogP contribution < -0.4 is 24.9 Å². The van der Waals surface area contributed by atoms with Crippen molar-refractivity contribution in [2.45, 2.75) is 43.7 Å². The predicted octanol–water partition coefficient (Wildman–Crippen LogP) is 4.53. The van der Waals surface area contributed by atoms with Gasteiger partial charge in [0.15, 0.2) is 5.60 Å². The summed E-state index contributed by atoms with van der Waals surface area (Å²) < 4.78 is 17.4. The number of anilines is 2. The van der Waals surface area contributed by atoms with Gasteiger partial charge in [0.1, 0.15) is 11.5 Å². The Hall–Kier alpha value is -3.66. The van der Waals surface area contributed by atoms with Crippen LogP contribution in [0.25, 0.3) is 0 Å². The second-order valence-corrected chi connectivity index (χ2v) is 16.1. The molecule has 0 bridgehead atoms. The molecule has 0 radical (unpaired) electrons. The molecule has 8 nitrogen and oxygen atoms in total. The molecule has 216 valence electrons. The molecule has 41 heavy (non-hydrogen) atoms. The maximum atomic E-state index is 14.1. The van der Waals surface area contributed by atoms with Crippen molar-refractivity contribution in [2.75, 3.05) is 38.1 Å². The first kappa shape index (κ1) is 28.9. The minimum absolute atomic E-state index is 0.0358. The van der Waals surface area contributed by atoms with Crippen LogP contribution >= 0.6 is 0 Å². The van der Waals surface area contributed by atoms with Gasteiger partial charge in [0.05, 0.1) is 34.1 Å². The van der Waals surface area contributed by atoms with Gasteiger partial charge in [0.25, 0.3) is 11.8 Å². The number of aliphatic hydroxyl groups is 1. The van der Waals surface area contributed by atoms with Crippen LogP contribution in [-0.4, -0.2) is 59.0 Å². The SMILES string of the molecule is COc1ccc(C(=O)Nc2ccc3c(c2)[C@]2(O[C@@H](CCO)[C@H]([Si](C)(C)c4ccc(OC)cc4)[C@H]2C)C(=O)N3C)cc1. The van der Waals surface area contributed by atoms with E-state index in [-0.39, 0.29) is 36.0 Å². The van der Waals surface area contributed by atoms with Crippen LogP contribution in [0.15, 0.2) is 66.7 Å². The molecular formula is C32H38N2O6Si. The lowest BCUT2D eigenvalue weighted by Crippen LogP contribution is -2.51. The van der Waals surface area contributed by atoms with Crippen LogP contribution in [0.3, 0.4) is 0 Å². The fourth-order valence-corrected chi connectivity index (χ4v) is 10.9. The topological polar surface area (TPSA) is 97.3 Å². The number of likely N-dealkylation sites (N-methyl/N-ethyl adjacent to an activating group) is 1. The number of fused-ring (bicyclic) bond motifs is 2. The Morgan fingerprint density at radius 2 is 1.63 bits per heavy atom. The van der Waals surface area contributed by atoms with Crippen molar-refractivity contribution in [1.82, 2.24) is 0 Å². The highest BCUT2D eigenvalue weighted by Crippen LogP contribution is 2.59. The van der Waals surface area contributed by atoms with E-state index in [1.807, 2.05) is 24.3 Å². The van der Waals surface area contributed by atoms with E-state index >= 15 is 0 Å². The third-order valence-corrected chi connectivity index (χ3v) is 13.3. The number of aliphatic hydroxyl groups excluding tert-OH is 1. The number of amides is 2. The molecule has 2 aliphatic heterocycles. The van der Waals surface area contributed by atoms with E-state index in [0.717, 1.165) is 17.0 Å². The average Bonchev–Trinajstić information content (AvgIpc) is 3.39. The molecule has 3 aromatic carbocycles. The molecule has 2 N–H and O–H groups in total. The van der Waals surface area contributed by atoms with Crippen molar-refractivity contribution >= 4 is 36.4 Å². The quantitative estimate of drug-likeness (QED) is 0.384. The molecule has 9 heteroatoms. The largest absolute Gasteiger partial charge is 0.497 e. The predicted molar refractivity (Wildman–Crippen MR) is 162 cm³/mol. The molecule has 3 aromatic rings. The van der Waals surface area contributed by atoms with Crippen LogP contribution in [-0.2, 0) is 15.1 Å². The molecule has 1 saturated heterocycles. The maximum absolute atomic E-state index is 14.1. The summed E-state index contributed by atoms with van der Waals surface area (Å²) >= 11 is 0. The number of methoxy groups -OCH3 is 2. The first-order valence-electron chi connectivity index (χ1n) is 13.9. The molecule has 4 atom stereocenters. The van der Waals surface area contributed by atoms with Gasteiger partial charge in [-0.2, -0.15) is 0 Å². The molecular weight excluding hydrogens is 536 g/mol. The number of carbonyl (C=O) groups excluding carboxylic acids is 2. The van der Waals surface area contributed by atoms with Gasteiger partial charge in [-0.1, -0.05) is 37.3 Å². The number of carbonyl (C=O) groups is 2. The van der Waals surface area contributed by atoms with Crippen LogP contribution in [0.4, 0.5) is 11.4 Å². The Morgan fingerprint density at radius 3 is 2.22 bits per heavy atom. The van der Waals surface area contributed by atoms with Crippen LogP contribution in [0.1, 0.15) is 29.3 Å². The zero-order chi connectivity index (χ0) is 29.5. The summed E-state index contributed by atoms with van der Waals surface area (Å²) in [5.74, 6) is 0.908. The smallest absolute Gasteiger partial charge is 0.264 e. The molecule has 1 fully saturated rings. The first-order valence-corrected chi connectivity index (χ1v) is 17.0. The second kappa shape index (κ2) is 11.0. The molecule has 0 aromatic heterocycles. The molecule has 2 aliphatic rings. The monoisotopic (exact) mass is 574 g/mol. The summed E-state index contributed by atoms with van der Waals surface area (Å²) in [5, 5.41) is 14.2. The van der Waals surface area contributed by atoms with Gasteiger partial charge in [0.2, 0.25) is 0 Å². The summed E-state index contributed by atoms with van der Waals surface area (Å²) in [6, 6.07) is 20.6. The number of nitrogens with one attached hydrogen (secondary N) is 1. The van der Waals surface area contributed by atoms with E-state index in [2.05, 4.69) is 37.5 Å². The lowest BCUT2D eigenvalue weighted by atomic mass is 9.82. The van der Waals surface area contributed by atoms with Gasteiger partial charge in [0, 0.05) is 36.4 Å². The van der Waals surface area contributed by atoms with Crippen molar-refractivity contribution in [2.24, 2.45) is 5.92 Å². The second-order valence-electron chi connectivity index (χ2n) is 11.4. The normalized spacial score (nSPS) is 23.5. The van der Waals surface area contributed by atoms with E-state index in [9.17, 15) is 14.7 Å². The van der Waals surface area contributed by atoms with Crippen molar-refractivity contribution in [3.63, 3.8) is 0 Å². The third-order valence-electron chi connectivity index (χ3n) is 8.99. The molecule has 0 saturated carbocycles. The number of hydrogen-bond acceptors (Lipinski definition) is 6. The van der Waals surface area contributed by atoms with E-state index in [1.165, 1.54) is 5.19 Å². The Kier molecular flexibility index (Phi) is 7.71. The van der Waals surface area contributed by atoms with Crippen LogP contribution in [0.2, 0.25) is 18.6 Å². The van der Waals surface area contributed by atoms with Gasteiger partial charge in [-0.3, -0.25) is 9.59 Å². The minimum Gasteiger partial charge on any atom is -0.497 e. The fraction of sp³-hybridized carbons (Fsp3) is 0.375. The van der Waals surface area contributed by atoms with Gasteiger partial charge in [-0.25, -0.2) is 0 Å². The van der Waals surface area contributed by atoms with E-state index in [0.29, 0.717) is 23.4 Å². The highest BCUT2D eigenvalue weighted by atomic mass is 28.3. The zero-order valence-electron chi connectivity index (χ0n) is 24.4. The first-order chi connectivity index (χ1) is 19.6. The van der Waals surface area contributed by atoms with Gasteiger partial charge in [-0.15, -0.1) is 0 Å². The van der Waals surface area contributed by atoms with E-state index < -0.39 is 13.7 Å². The average molecular weight is 575 g/mol. The number of ether oxygens (including phenoxy) is 3. The molecule has 2 amide bonds. The Balaban J connectivity index is 1.53. The number of hydrogen-bond donors (Lipinski definition) is 2. The Morgan fingerprint density at radius 1 is 1.02 bits per heavy atom. The van der Waals surface area contributed by atoms with Gasteiger partial charge in [-0.05, 0) is 66.6 Å². The van der Waals surface area contributed by atoms with Crippen molar-refractivity contribution in [3.05, 3.63) is 77.9 Å². The van der Waals surface area contributed by atoms with Crippen molar-refractivity contribution in [3.8, 4) is 11.5 Å². The summed E-state index contributed by atoms with van der Waals surface area (Å²) in [6.45, 7) is 6.67. The van der Waals surface area contributed by atoms with Crippen LogP contribution in [0.5, 0.6) is 11.5 Å². The number of nitrogens with zero attached hydrogens (tertiary/aromatic N) is 1. The maximum Gasteiger partial charge on any atom is 0.264 e. The summed E-state index contributed by atoms with van der Waals surface area (Å²) in [4.78, 5) is 28.8. The standard InChI is InChI=1S/C32H38N2O6Si/c1-20-29(41(5,6)25-14-12-24(39-4)13-15-25)28(17-18-35)40-32(20)26-19-22(9-16-27(26)34(2)31(32)37)33-30(36)21-7-10-23(38-3)11-8-21/h7-16,19-20,28-29,35H,17-18H2,1-6H3,(H,33,36)/t20-,28+,29-,32+/m1/s1. The lowest BCUT2D eigenvalue weighted by molar-refractivity contribution is -0.145. The third kappa shape index (κ3) is 4.71. The molecule has 1 spiro atoms. The molecule has 5 rings (SSSR count). The molecule has 0 aliphatic carbocycles. The van der Waals surface area contributed by atoms with E-state index in [1.54, 1.807) is 56.5 Å². The van der Waals surface area contributed by atoms with Crippen molar-refractivity contribution in [1.29, 1.82) is 0 Å².